The van der Waals surface area contributed by atoms with Crippen LogP contribution in [0.4, 0.5) is 10.2 Å². The minimum absolute atomic E-state index is 0.0556. The van der Waals surface area contributed by atoms with Gasteiger partial charge in [-0.1, -0.05) is 6.92 Å². The number of rotatable bonds is 6. The van der Waals surface area contributed by atoms with Crippen LogP contribution in [0.3, 0.4) is 0 Å². The number of carbonyl (C=O) groups is 1. The zero-order valence-electron chi connectivity index (χ0n) is 17.5. The molecule has 1 N–H and O–H groups in total. The minimum atomic E-state index is -0.312. The van der Waals surface area contributed by atoms with E-state index in [9.17, 15) is 9.18 Å². The van der Waals surface area contributed by atoms with Gasteiger partial charge in [0, 0.05) is 17.5 Å². The SMILES string of the molecule is CCC(C(=O)Nc1cnc(C#N)cn1)C1C2CC(Oc3ccnc4ccc(F)cc34)CC21. The number of nitriles is 1. The third kappa shape index (κ3) is 3.75. The summed E-state index contributed by atoms with van der Waals surface area (Å²) in [7, 11) is 0. The first-order chi connectivity index (χ1) is 15.6. The molecule has 3 atom stereocenters. The highest BCUT2D eigenvalue weighted by atomic mass is 19.1. The lowest BCUT2D eigenvalue weighted by Gasteiger charge is -2.21. The number of ether oxygens (including phenoxy) is 1. The first-order valence-corrected chi connectivity index (χ1v) is 10.8. The summed E-state index contributed by atoms with van der Waals surface area (Å²) in [6.07, 6.45) is 7.00. The van der Waals surface area contributed by atoms with Crippen molar-refractivity contribution in [2.75, 3.05) is 5.32 Å². The fourth-order valence-electron chi connectivity index (χ4n) is 5.21. The van der Waals surface area contributed by atoms with E-state index in [1.165, 1.54) is 24.5 Å². The molecule has 7 nitrogen and oxygen atoms in total. The van der Waals surface area contributed by atoms with Crippen molar-refractivity contribution >= 4 is 22.6 Å². The number of nitrogens with one attached hydrogen (secondary N) is 1. The molecule has 162 valence electrons. The topological polar surface area (TPSA) is 101 Å². The average molecular weight is 431 g/mol. The molecule has 3 aromatic rings. The van der Waals surface area contributed by atoms with Crippen LogP contribution in [0.15, 0.2) is 42.9 Å². The van der Waals surface area contributed by atoms with Crippen LogP contribution in [0.2, 0.25) is 0 Å². The Morgan fingerprint density at radius 1 is 1.25 bits per heavy atom. The Hall–Kier alpha value is -3.60. The highest BCUT2D eigenvalue weighted by molar-refractivity contribution is 5.92. The number of pyridine rings is 1. The van der Waals surface area contributed by atoms with Gasteiger partial charge in [0.1, 0.15) is 17.6 Å². The summed E-state index contributed by atoms with van der Waals surface area (Å²) in [5.74, 6) is 1.78. The summed E-state index contributed by atoms with van der Waals surface area (Å²) in [6, 6.07) is 8.20. The minimum Gasteiger partial charge on any atom is -0.490 e. The summed E-state index contributed by atoms with van der Waals surface area (Å²) >= 11 is 0. The summed E-state index contributed by atoms with van der Waals surface area (Å²) in [5, 5.41) is 12.3. The van der Waals surface area contributed by atoms with Gasteiger partial charge >= 0.3 is 0 Å². The Kier molecular flexibility index (Phi) is 5.17. The van der Waals surface area contributed by atoms with Crippen molar-refractivity contribution in [3.05, 3.63) is 54.4 Å². The van der Waals surface area contributed by atoms with Gasteiger partial charge in [-0.15, -0.1) is 0 Å². The van der Waals surface area contributed by atoms with Gasteiger partial charge in [0.15, 0.2) is 11.5 Å². The molecule has 2 fully saturated rings. The van der Waals surface area contributed by atoms with E-state index < -0.39 is 0 Å². The van der Waals surface area contributed by atoms with E-state index in [1.807, 2.05) is 13.0 Å². The third-order valence-electron chi connectivity index (χ3n) is 6.68. The molecule has 2 aromatic heterocycles. The second kappa shape index (κ2) is 8.15. The molecule has 0 aliphatic heterocycles. The van der Waals surface area contributed by atoms with Crippen molar-refractivity contribution < 1.29 is 13.9 Å². The lowest BCUT2D eigenvalue weighted by Crippen LogP contribution is -2.27. The predicted molar refractivity (Wildman–Crippen MR) is 115 cm³/mol. The lowest BCUT2D eigenvalue weighted by molar-refractivity contribution is -0.121. The van der Waals surface area contributed by atoms with Gasteiger partial charge < -0.3 is 10.1 Å². The van der Waals surface area contributed by atoms with E-state index in [2.05, 4.69) is 20.3 Å². The quantitative estimate of drug-likeness (QED) is 0.631. The van der Waals surface area contributed by atoms with Crippen LogP contribution in [0, 0.1) is 40.8 Å². The molecule has 5 rings (SSSR count). The standard InChI is InChI=1S/C24H22FN5O2/c1-2-16(24(31)30-22-12-28-14(10-26)11-29-22)23-17-8-15(9-18(17)23)32-21-5-6-27-20-4-3-13(25)7-19(20)21/h3-7,11-12,15-18,23H,2,8-9H2,1H3,(H,29,30,31). The van der Waals surface area contributed by atoms with Gasteiger partial charge in [-0.3, -0.25) is 9.78 Å². The Labute approximate surface area is 184 Å². The van der Waals surface area contributed by atoms with Gasteiger partial charge in [0.05, 0.1) is 24.0 Å². The molecule has 0 saturated heterocycles. The van der Waals surface area contributed by atoms with Crippen LogP contribution in [0.1, 0.15) is 31.9 Å². The molecular formula is C24H22FN5O2. The Morgan fingerprint density at radius 3 is 2.75 bits per heavy atom. The van der Waals surface area contributed by atoms with Crippen LogP contribution >= 0.6 is 0 Å². The van der Waals surface area contributed by atoms with Crippen molar-refractivity contribution in [1.82, 2.24) is 15.0 Å². The van der Waals surface area contributed by atoms with Crippen molar-refractivity contribution in [3.63, 3.8) is 0 Å². The van der Waals surface area contributed by atoms with Gasteiger partial charge in [-0.05, 0) is 61.3 Å². The zero-order chi connectivity index (χ0) is 22.2. The van der Waals surface area contributed by atoms with Crippen molar-refractivity contribution in [2.45, 2.75) is 32.3 Å². The Morgan fingerprint density at radius 2 is 2.06 bits per heavy atom. The largest absolute Gasteiger partial charge is 0.490 e. The summed E-state index contributed by atoms with van der Waals surface area (Å²) in [6.45, 7) is 2.02. The lowest BCUT2D eigenvalue weighted by atomic mass is 9.93. The maximum Gasteiger partial charge on any atom is 0.228 e. The predicted octanol–water partition coefficient (Wildman–Crippen LogP) is 4.10. The van der Waals surface area contributed by atoms with E-state index >= 15 is 0 Å². The molecule has 0 spiro atoms. The molecule has 0 radical (unpaired) electrons. The number of aromatic nitrogens is 3. The van der Waals surface area contributed by atoms with Gasteiger partial charge in [-0.25, -0.2) is 14.4 Å². The number of hydrogen-bond donors (Lipinski definition) is 1. The maximum absolute atomic E-state index is 13.7. The van der Waals surface area contributed by atoms with E-state index in [0.29, 0.717) is 40.2 Å². The molecule has 2 heterocycles. The summed E-state index contributed by atoms with van der Waals surface area (Å²) in [5.41, 5.74) is 0.918. The normalized spacial score (nSPS) is 24.4. The van der Waals surface area contributed by atoms with E-state index in [1.54, 1.807) is 18.3 Å². The molecule has 1 aromatic carbocycles. The highest BCUT2D eigenvalue weighted by Crippen LogP contribution is 2.62. The van der Waals surface area contributed by atoms with E-state index in [0.717, 1.165) is 19.3 Å². The monoisotopic (exact) mass is 431 g/mol. The number of nitrogens with zero attached hydrogens (tertiary/aromatic N) is 4. The Balaban J connectivity index is 1.21. The molecule has 32 heavy (non-hydrogen) atoms. The van der Waals surface area contributed by atoms with Crippen LogP contribution in [0.5, 0.6) is 5.75 Å². The summed E-state index contributed by atoms with van der Waals surface area (Å²) < 4.78 is 19.9. The van der Waals surface area contributed by atoms with Gasteiger partial charge in [-0.2, -0.15) is 5.26 Å². The average Bonchev–Trinajstić information content (AvgIpc) is 3.27. The number of anilines is 1. The van der Waals surface area contributed by atoms with Crippen LogP contribution < -0.4 is 10.1 Å². The molecule has 2 saturated carbocycles. The van der Waals surface area contributed by atoms with Crippen LogP contribution in [0.25, 0.3) is 10.9 Å². The number of hydrogen-bond acceptors (Lipinski definition) is 6. The fraction of sp³-hybridized carbons (Fsp3) is 0.375. The molecule has 3 unspecified atom stereocenters. The molecular weight excluding hydrogens is 409 g/mol. The zero-order valence-corrected chi connectivity index (χ0v) is 17.5. The van der Waals surface area contributed by atoms with Crippen molar-refractivity contribution in [2.24, 2.45) is 23.7 Å². The number of amides is 1. The van der Waals surface area contributed by atoms with Gasteiger partial charge in [0.2, 0.25) is 5.91 Å². The number of carbonyl (C=O) groups excluding carboxylic acids is 1. The van der Waals surface area contributed by atoms with E-state index in [-0.39, 0.29) is 29.4 Å². The molecule has 0 bridgehead atoms. The maximum atomic E-state index is 13.7. The van der Waals surface area contributed by atoms with Crippen LogP contribution in [-0.4, -0.2) is 27.0 Å². The molecule has 8 heteroatoms. The highest BCUT2D eigenvalue weighted by Gasteiger charge is 2.60. The Bertz CT molecular complexity index is 1200. The van der Waals surface area contributed by atoms with Crippen molar-refractivity contribution in [3.8, 4) is 11.8 Å². The van der Waals surface area contributed by atoms with Crippen LogP contribution in [-0.2, 0) is 4.79 Å². The third-order valence-corrected chi connectivity index (χ3v) is 6.68. The molecule has 1 amide bonds. The number of benzene rings is 1. The fourth-order valence-corrected chi connectivity index (χ4v) is 5.21. The molecule has 2 aliphatic carbocycles. The number of halogens is 1. The second-order valence-electron chi connectivity index (χ2n) is 8.49. The van der Waals surface area contributed by atoms with E-state index in [4.69, 9.17) is 10.00 Å². The second-order valence-corrected chi connectivity index (χ2v) is 8.49. The number of fused-ring (bicyclic) bond motifs is 2. The summed E-state index contributed by atoms with van der Waals surface area (Å²) in [4.78, 5) is 25.1. The molecule has 2 aliphatic rings. The first kappa shape index (κ1) is 20.3. The first-order valence-electron chi connectivity index (χ1n) is 10.8. The smallest absolute Gasteiger partial charge is 0.228 e. The van der Waals surface area contributed by atoms with Gasteiger partial charge in [0.25, 0.3) is 0 Å². The van der Waals surface area contributed by atoms with Crippen molar-refractivity contribution in [1.29, 1.82) is 5.26 Å².